The average molecular weight is 374 g/mol. The second-order valence-corrected chi connectivity index (χ2v) is 8.49. The van der Waals surface area contributed by atoms with Gasteiger partial charge in [0.05, 0.1) is 4.90 Å². The standard InChI is InChI=1S/C19H22N2O4S/c1-19(2,3)15-7-11-17(12-8-15)26(24,25)21-16-9-4-14(5-10-16)6-13-18(22)20-23/h4-13,21,23H,1-3H3,(H,20,22). The van der Waals surface area contributed by atoms with E-state index in [0.717, 1.165) is 11.6 Å². The molecule has 2 aromatic carbocycles. The number of hydrogen-bond donors (Lipinski definition) is 3. The summed E-state index contributed by atoms with van der Waals surface area (Å²) in [5, 5.41) is 8.43. The van der Waals surface area contributed by atoms with E-state index in [4.69, 9.17) is 5.21 Å². The molecule has 7 heteroatoms. The highest BCUT2D eigenvalue weighted by molar-refractivity contribution is 7.92. The Morgan fingerprint density at radius 1 is 1.00 bits per heavy atom. The molecule has 0 fully saturated rings. The fraction of sp³-hybridized carbons (Fsp3) is 0.211. The van der Waals surface area contributed by atoms with Crippen molar-refractivity contribution in [1.82, 2.24) is 5.48 Å². The summed E-state index contributed by atoms with van der Waals surface area (Å²) in [5.41, 5.74) is 3.59. The lowest BCUT2D eigenvalue weighted by Crippen LogP contribution is -2.15. The maximum absolute atomic E-state index is 12.5. The molecule has 26 heavy (non-hydrogen) atoms. The number of anilines is 1. The molecule has 0 unspecified atom stereocenters. The van der Waals surface area contributed by atoms with Gasteiger partial charge in [-0.05, 0) is 46.9 Å². The minimum absolute atomic E-state index is 0.0496. The molecule has 0 aliphatic rings. The van der Waals surface area contributed by atoms with Crippen molar-refractivity contribution in [2.24, 2.45) is 0 Å². The van der Waals surface area contributed by atoms with Crippen LogP contribution in [0.2, 0.25) is 0 Å². The third kappa shape index (κ3) is 5.18. The van der Waals surface area contributed by atoms with Crippen LogP contribution in [0.5, 0.6) is 0 Å². The van der Waals surface area contributed by atoms with Crippen molar-refractivity contribution < 1.29 is 18.4 Å². The van der Waals surface area contributed by atoms with Crippen molar-refractivity contribution >= 4 is 27.7 Å². The van der Waals surface area contributed by atoms with Crippen LogP contribution in [0.25, 0.3) is 6.08 Å². The SMILES string of the molecule is CC(C)(C)c1ccc(S(=O)(=O)Nc2ccc(C=CC(=O)NO)cc2)cc1. The summed E-state index contributed by atoms with van der Waals surface area (Å²) in [6.07, 6.45) is 2.66. The second kappa shape index (κ2) is 7.72. The van der Waals surface area contributed by atoms with E-state index in [9.17, 15) is 13.2 Å². The maximum atomic E-state index is 12.5. The van der Waals surface area contributed by atoms with Crippen LogP contribution >= 0.6 is 0 Å². The van der Waals surface area contributed by atoms with E-state index in [1.807, 2.05) is 12.1 Å². The van der Waals surface area contributed by atoms with Crippen LogP contribution < -0.4 is 10.2 Å². The van der Waals surface area contributed by atoms with E-state index < -0.39 is 15.9 Å². The Bertz CT molecular complexity index is 894. The number of nitrogens with one attached hydrogen (secondary N) is 2. The lowest BCUT2D eigenvalue weighted by Gasteiger charge is -2.19. The number of carbonyl (C=O) groups is 1. The minimum atomic E-state index is -3.68. The fourth-order valence-electron chi connectivity index (χ4n) is 2.22. The first kappa shape index (κ1) is 19.7. The Hall–Kier alpha value is -2.64. The predicted octanol–water partition coefficient (Wildman–Crippen LogP) is 3.30. The van der Waals surface area contributed by atoms with Gasteiger partial charge in [0, 0.05) is 11.8 Å². The van der Waals surface area contributed by atoms with E-state index in [1.54, 1.807) is 36.4 Å². The third-order valence-electron chi connectivity index (χ3n) is 3.73. The van der Waals surface area contributed by atoms with E-state index in [1.165, 1.54) is 11.6 Å². The molecule has 2 aromatic rings. The Morgan fingerprint density at radius 3 is 2.08 bits per heavy atom. The first-order valence-corrected chi connectivity index (χ1v) is 9.46. The van der Waals surface area contributed by atoms with E-state index in [-0.39, 0.29) is 10.3 Å². The fourth-order valence-corrected chi connectivity index (χ4v) is 3.28. The molecule has 0 saturated carbocycles. The molecule has 2 rings (SSSR count). The van der Waals surface area contributed by atoms with Crippen LogP contribution in [0.1, 0.15) is 31.9 Å². The summed E-state index contributed by atoms with van der Waals surface area (Å²) < 4.78 is 27.5. The summed E-state index contributed by atoms with van der Waals surface area (Å²) >= 11 is 0. The molecule has 6 nitrogen and oxygen atoms in total. The molecule has 0 bridgehead atoms. The number of sulfonamides is 1. The molecule has 0 aliphatic heterocycles. The van der Waals surface area contributed by atoms with Gasteiger partial charge in [-0.2, -0.15) is 0 Å². The second-order valence-electron chi connectivity index (χ2n) is 6.81. The Labute approximate surface area is 153 Å². The van der Waals surface area contributed by atoms with Crippen LogP contribution in [0.4, 0.5) is 5.69 Å². The monoisotopic (exact) mass is 374 g/mol. The van der Waals surface area contributed by atoms with E-state index in [0.29, 0.717) is 11.3 Å². The summed E-state index contributed by atoms with van der Waals surface area (Å²) in [4.78, 5) is 11.1. The number of hydrogen-bond acceptors (Lipinski definition) is 4. The van der Waals surface area contributed by atoms with Gasteiger partial charge in [0.1, 0.15) is 0 Å². The molecule has 1 amide bonds. The highest BCUT2D eigenvalue weighted by atomic mass is 32.2. The summed E-state index contributed by atoms with van der Waals surface area (Å²) in [6.45, 7) is 6.19. The number of benzene rings is 2. The Morgan fingerprint density at radius 2 is 1.58 bits per heavy atom. The smallest absolute Gasteiger partial charge is 0.267 e. The average Bonchev–Trinajstić information content (AvgIpc) is 2.60. The van der Waals surface area contributed by atoms with Gasteiger partial charge >= 0.3 is 0 Å². The lowest BCUT2D eigenvalue weighted by atomic mass is 9.87. The quantitative estimate of drug-likeness (QED) is 0.425. The zero-order valence-electron chi connectivity index (χ0n) is 14.9. The number of rotatable bonds is 5. The zero-order chi connectivity index (χ0) is 19.4. The highest BCUT2D eigenvalue weighted by Gasteiger charge is 2.17. The van der Waals surface area contributed by atoms with E-state index in [2.05, 4.69) is 25.5 Å². The summed E-state index contributed by atoms with van der Waals surface area (Å²) in [5.74, 6) is -0.645. The largest absolute Gasteiger partial charge is 0.288 e. The van der Waals surface area contributed by atoms with Crippen LogP contribution in [0.15, 0.2) is 59.5 Å². The van der Waals surface area contributed by atoms with Crippen molar-refractivity contribution in [2.45, 2.75) is 31.1 Å². The van der Waals surface area contributed by atoms with Crippen LogP contribution in [-0.2, 0) is 20.2 Å². The van der Waals surface area contributed by atoms with Gasteiger partial charge in [-0.3, -0.25) is 14.7 Å². The normalized spacial score (nSPS) is 12.2. The van der Waals surface area contributed by atoms with Crippen molar-refractivity contribution in [3.05, 3.63) is 65.7 Å². The first-order chi connectivity index (χ1) is 12.1. The summed E-state index contributed by atoms with van der Waals surface area (Å²) in [6, 6.07) is 13.3. The molecule has 0 saturated heterocycles. The highest BCUT2D eigenvalue weighted by Crippen LogP contribution is 2.24. The van der Waals surface area contributed by atoms with Crippen LogP contribution in [0, 0.1) is 0 Å². The number of amides is 1. The van der Waals surface area contributed by atoms with E-state index >= 15 is 0 Å². The minimum Gasteiger partial charge on any atom is -0.288 e. The Kier molecular flexibility index (Phi) is 5.84. The lowest BCUT2D eigenvalue weighted by molar-refractivity contribution is -0.124. The Balaban J connectivity index is 2.14. The molecule has 0 aliphatic carbocycles. The first-order valence-electron chi connectivity index (χ1n) is 7.97. The number of carbonyl (C=O) groups excluding carboxylic acids is 1. The molecule has 0 spiro atoms. The van der Waals surface area contributed by atoms with Gasteiger partial charge in [-0.25, -0.2) is 13.9 Å². The maximum Gasteiger partial charge on any atom is 0.267 e. The van der Waals surface area contributed by atoms with Gasteiger partial charge in [0.15, 0.2) is 0 Å². The van der Waals surface area contributed by atoms with Crippen LogP contribution in [0.3, 0.4) is 0 Å². The molecule has 0 atom stereocenters. The van der Waals surface area contributed by atoms with Crippen molar-refractivity contribution in [2.75, 3.05) is 4.72 Å². The molecular formula is C19H22N2O4S. The van der Waals surface area contributed by atoms with Crippen molar-refractivity contribution in [1.29, 1.82) is 0 Å². The van der Waals surface area contributed by atoms with Crippen LogP contribution in [-0.4, -0.2) is 19.5 Å². The molecule has 0 aromatic heterocycles. The molecule has 0 radical (unpaired) electrons. The molecule has 138 valence electrons. The molecule has 3 N–H and O–H groups in total. The van der Waals surface area contributed by atoms with Gasteiger partial charge in [0.25, 0.3) is 15.9 Å². The zero-order valence-corrected chi connectivity index (χ0v) is 15.7. The van der Waals surface area contributed by atoms with Gasteiger partial charge in [-0.15, -0.1) is 0 Å². The van der Waals surface area contributed by atoms with Gasteiger partial charge in [0.2, 0.25) is 0 Å². The topological polar surface area (TPSA) is 95.5 Å². The summed E-state index contributed by atoms with van der Waals surface area (Å²) in [7, 11) is -3.68. The van der Waals surface area contributed by atoms with Crippen molar-refractivity contribution in [3.63, 3.8) is 0 Å². The molecular weight excluding hydrogens is 352 g/mol. The van der Waals surface area contributed by atoms with Gasteiger partial charge in [-0.1, -0.05) is 45.0 Å². The number of hydroxylamine groups is 1. The van der Waals surface area contributed by atoms with Crippen molar-refractivity contribution in [3.8, 4) is 0 Å². The predicted molar refractivity (Wildman–Crippen MR) is 101 cm³/mol. The molecule has 0 heterocycles. The third-order valence-corrected chi connectivity index (χ3v) is 5.13. The van der Waals surface area contributed by atoms with Gasteiger partial charge < -0.3 is 0 Å².